The zero-order valence-corrected chi connectivity index (χ0v) is 14.5. The number of allylic oxidation sites excluding steroid dienone is 1. The second-order valence-electron chi connectivity index (χ2n) is 7.06. The van der Waals surface area contributed by atoms with E-state index >= 15 is 0 Å². The summed E-state index contributed by atoms with van der Waals surface area (Å²) in [5.74, 6) is -0.822. The van der Waals surface area contributed by atoms with Crippen LogP contribution in [0.25, 0.3) is 0 Å². The normalized spacial score (nSPS) is 48.3. The van der Waals surface area contributed by atoms with Crippen molar-refractivity contribution in [1.82, 2.24) is 0 Å². The van der Waals surface area contributed by atoms with Crippen molar-refractivity contribution in [3.8, 4) is 0 Å². The van der Waals surface area contributed by atoms with Crippen LogP contribution in [-0.2, 0) is 23.8 Å². The van der Waals surface area contributed by atoms with E-state index in [1.807, 2.05) is 6.08 Å². The van der Waals surface area contributed by atoms with Gasteiger partial charge in [-0.3, -0.25) is 9.59 Å². The minimum Gasteiger partial charge on any atom is -0.486 e. The van der Waals surface area contributed by atoms with Gasteiger partial charge in [0.1, 0.15) is 10.1 Å². The van der Waals surface area contributed by atoms with Gasteiger partial charge in [0.05, 0.1) is 13.2 Å². The largest absolute Gasteiger partial charge is 0.486 e. The van der Waals surface area contributed by atoms with Crippen LogP contribution in [0.5, 0.6) is 0 Å². The minimum absolute atomic E-state index is 0.0198. The summed E-state index contributed by atoms with van der Waals surface area (Å²) in [6.45, 7) is 4.38. The van der Waals surface area contributed by atoms with Crippen molar-refractivity contribution < 1.29 is 23.8 Å². The molecule has 0 aromatic carbocycles. The van der Waals surface area contributed by atoms with Gasteiger partial charge < -0.3 is 14.2 Å². The van der Waals surface area contributed by atoms with Gasteiger partial charge in [0, 0.05) is 29.2 Å². The number of carbonyl (C=O) groups is 2. The molecule has 5 nitrogen and oxygen atoms in total. The van der Waals surface area contributed by atoms with Crippen molar-refractivity contribution in [2.45, 2.75) is 30.1 Å². The predicted octanol–water partition coefficient (Wildman–Crippen LogP) is 1.76. The highest BCUT2D eigenvalue weighted by Gasteiger charge is 2.80. The van der Waals surface area contributed by atoms with Crippen molar-refractivity contribution in [1.29, 1.82) is 0 Å². The molecule has 6 atom stereocenters. The smallest absolute Gasteiger partial charge is 0.194 e. The lowest BCUT2D eigenvalue weighted by Crippen LogP contribution is -2.50. The number of halogens is 1. The standard InChI is InChI=1S/C17H17BrO5/c1-7(19)10-8(2)23-15-12(10)13-11(14(15)20)9-3-4-16(13,18)17(9)21-5-6-22-17/h3-4,9,11-13,15H,5-6H2,1-2H3/t9-,11+,12+,13-,15+,16-/m0/s1. The Morgan fingerprint density at radius 3 is 2.65 bits per heavy atom. The van der Waals surface area contributed by atoms with E-state index in [0.29, 0.717) is 24.5 Å². The quantitative estimate of drug-likeness (QED) is 0.512. The zero-order valence-electron chi connectivity index (χ0n) is 12.9. The minimum atomic E-state index is -0.818. The predicted molar refractivity (Wildman–Crippen MR) is 82.7 cm³/mol. The van der Waals surface area contributed by atoms with Crippen LogP contribution >= 0.6 is 15.9 Å². The van der Waals surface area contributed by atoms with Crippen molar-refractivity contribution in [2.24, 2.45) is 23.7 Å². The number of hydrogen-bond acceptors (Lipinski definition) is 5. The van der Waals surface area contributed by atoms with Gasteiger partial charge in [0.15, 0.2) is 23.5 Å². The van der Waals surface area contributed by atoms with E-state index in [0.717, 1.165) is 0 Å². The van der Waals surface area contributed by atoms with E-state index in [4.69, 9.17) is 14.2 Å². The summed E-state index contributed by atoms with van der Waals surface area (Å²) in [6.07, 6.45) is 3.55. The summed E-state index contributed by atoms with van der Waals surface area (Å²) in [6, 6.07) is 0. The number of rotatable bonds is 1. The summed E-state index contributed by atoms with van der Waals surface area (Å²) in [5.41, 5.74) is 0.656. The Hall–Kier alpha value is -0.980. The second-order valence-corrected chi connectivity index (χ2v) is 8.37. The van der Waals surface area contributed by atoms with Gasteiger partial charge in [0.25, 0.3) is 0 Å². The molecule has 2 heterocycles. The summed E-state index contributed by atoms with van der Waals surface area (Å²) in [5, 5.41) is 0. The monoisotopic (exact) mass is 380 g/mol. The molecule has 0 amide bonds. The Bertz CT molecular complexity index is 704. The number of ketones is 2. The molecule has 0 N–H and O–H groups in total. The van der Waals surface area contributed by atoms with E-state index in [2.05, 4.69) is 22.0 Å². The summed E-state index contributed by atoms with van der Waals surface area (Å²) >= 11 is 3.86. The van der Waals surface area contributed by atoms with E-state index in [1.165, 1.54) is 0 Å². The van der Waals surface area contributed by atoms with Crippen LogP contribution in [-0.4, -0.2) is 41.0 Å². The van der Waals surface area contributed by atoms with Gasteiger partial charge in [-0.1, -0.05) is 28.1 Å². The Morgan fingerprint density at radius 2 is 2.00 bits per heavy atom. The molecule has 2 saturated carbocycles. The molecule has 2 aliphatic heterocycles. The third-order valence-electron chi connectivity index (χ3n) is 6.21. The van der Waals surface area contributed by atoms with Gasteiger partial charge in [-0.2, -0.15) is 0 Å². The van der Waals surface area contributed by atoms with Crippen LogP contribution in [0, 0.1) is 23.7 Å². The number of carbonyl (C=O) groups excluding carboxylic acids is 2. The molecule has 23 heavy (non-hydrogen) atoms. The molecule has 5 rings (SSSR count). The summed E-state index contributed by atoms with van der Waals surface area (Å²) in [7, 11) is 0. The number of alkyl halides is 1. The maximum atomic E-state index is 13.0. The molecule has 3 fully saturated rings. The molecule has 3 aliphatic carbocycles. The fourth-order valence-corrected chi connectivity index (χ4v) is 6.81. The van der Waals surface area contributed by atoms with Crippen molar-refractivity contribution in [3.63, 3.8) is 0 Å². The first-order valence-electron chi connectivity index (χ1n) is 8.00. The molecule has 122 valence electrons. The van der Waals surface area contributed by atoms with Gasteiger partial charge >= 0.3 is 0 Å². The second kappa shape index (κ2) is 4.16. The molecular weight excluding hydrogens is 364 g/mol. The highest BCUT2D eigenvalue weighted by molar-refractivity contribution is 9.10. The van der Waals surface area contributed by atoms with E-state index in [9.17, 15) is 9.59 Å². The molecular formula is C17H17BrO5. The third-order valence-corrected chi connectivity index (χ3v) is 7.56. The lowest BCUT2D eigenvalue weighted by Gasteiger charge is -2.38. The first-order valence-corrected chi connectivity index (χ1v) is 8.80. The Kier molecular flexibility index (Phi) is 2.60. The molecule has 2 bridgehead atoms. The summed E-state index contributed by atoms with van der Waals surface area (Å²) < 4.78 is 17.3. The molecule has 0 aromatic rings. The lowest BCUT2D eigenvalue weighted by atomic mass is 9.77. The molecule has 0 unspecified atom stereocenters. The van der Waals surface area contributed by atoms with Crippen LogP contribution in [0.3, 0.4) is 0 Å². The summed E-state index contributed by atoms with van der Waals surface area (Å²) in [4.78, 5) is 25.2. The highest BCUT2D eigenvalue weighted by Crippen LogP contribution is 2.71. The van der Waals surface area contributed by atoms with Crippen molar-refractivity contribution in [3.05, 3.63) is 23.5 Å². The first kappa shape index (κ1) is 14.4. The number of Topliss-reactive ketones (excluding diaryl/α,β-unsaturated/α-hetero) is 2. The lowest BCUT2D eigenvalue weighted by molar-refractivity contribution is -0.181. The molecule has 5 aliphatic rings. The first-order chi connectivity index (χ1) is 10.9. The Morgan fingerprint density at radius 1 is 1.30 bits per heavy atom. The van der Waals surface area contributed by atoms with E-state index < -0.39 is 16.2 Å². The SMILES string of the molecule is CC(=O)C1=C(C)O[C@H]2C(=O)[C@H]3[C@@H]([C@@H]12)[C@@]1(Br)C=C[C@@H]3C12OCCO2. The number of ether oxygens (including phenoxy) is 3. The number of fused-ring (bicyclic) bond motifs is 5. The van der Waals surface area contributed by atoms with Gasteiger partial charge in [-0.15, -0.1) is 0 Å². The van der Waals surface area contributed by atoms with E-state index in [-0.39, 0.29) is 35.2 Å². The third kappa shape index (κ3) is 1.35. The van der Waals surface area contributed by atoms with Crippen LogP contribution in [0.15, 0.2) is 23.5 Å². The topological polar surface area (TPSA) is 61.8 Å². The average molecular weight is 381 g/mol. The fourth-order valence-electron chi connectivity index (χ4n) is 5.60. The van der Waals surface area contributed by atoms with Crippen LogP contribution in [0.4, 0.5) is 0 Å². The Labute approximate surface area is 142 Å². The molecule has 1 saturated heterocycles. The molecule has 1 spiro atoms. The van der Waals surface area contributed by atoms with Crippen LogP contribution in [0.2, 0.25) is 0 Å². The molecule has 6 heteroatoms. The van der Waals surface area contributed by atoms with Gasteiger partial charge in [-0.05, 0) is 13.8 Å². The maximum Gasteiger partial charge on any atom is 0.194 e. The highest BCUT2D eigenvalue weighted by atomic mass is 79.9. The van der Waals surface area contributed by atoms with Crippen molar-refractivity contribution >= 4 is 27.5 Å². The molecule has 0 aromatic heterocycles. The number of hydrogen-bond donors (Lipinski definition) is 0. The van der Waals surface area contributed by atoms with Gasteiger partial charge in [-0.25, -0.2) is 0 Å². The van der Waals surface area contributed by atoms with E-state index in [1.54, 1.807) is 13.8 Å². The zero-order chi connectivity index (χ0) is 16.1. The average Bonchev–Trinajstić information content (AvgIpc) is 3.23. The van der Waals surface area contributed by atoms with Crippen molar-refractivity contribution in [2.75, 3.05) is 13.2 Å². The van der Waals surface area contributed by atoms with Gasteiger partial charge in [0.2, 0.25) is 0 Å². The van der Waals surface area contributed by atoms with Crippen LogP contribution < -0.4 is 0 Å². The molecule has 0 radical (unpaired) electrons. The maximum absolute atomic E-state index is 13.0. The van der Waals surface area contributed by atoms with Crippen LogP contribution in [0.1, 0.15) is 13.8 Å². The Balaban J connectivity index is 1.68. The fraction of sp³-hybridized carbons (Fsp3) is 0.647.